The molecule has 0 fully saturated rings. The SMILES string of the molecule is C#Cc1nc(C(=O)N2CCc3cc(-c4nc5c(C(N)=O)cc(F)cc5n4C)sc3C2)cs1. The zero-order valence-corrected chi connectivity index (χ0v) is 18.5. The minimum Gasteiger partial charge on any atom is -0.366 e. The van der Waals surface area contributed by atoms with Crippen molar-refractivity contribution in [2.24, 2.45) is 12.8 Å². The molecule has 1 aromatic carbocycles. The first kappa shape index (κ1) is 20.4. The van der Waals surface area contributed by atoms with Crippen LogP contribution in [0.2, 0.25) is 0 Å². The number of carbonyl (C=O) groups excluding carboxylic acids is 2. The molecule has 0 atom stereocenters. The molecule has 1 aliphatic heterocycles. The number of nitrogens with zero attached hydrogens (tertiary/aromatic N) is 4. The van der Waals surface area contributed by atoms with Crippen LogP contribution >= 0.6 is 22.7 Å². The van der Waals surface area contributed by atoms with E-state index in [1.54, 1.807) is 21.9 Å². The van der Waals surface area contributed by atoms with Crippen LogP contribution in [0.4, 0.5) is 4.39 Å². The van der Waals surface area contributed by atoms with Gasteiger partial charge in [-0.1, -0.05) is 0 Å². The molecule has 4 heterocycles. The monoisotopic (exact) mass is 465 g/mol. The summed E-state index contributed by atoms with van der Waals surface area (Å²) in [6, 6.07) is 4.49. The Balaban J connectivity index is 1.49. The maximum atomic E-state index is 14.0. The maximum absolute atomic E-state index is 14.0. The summed E-state index contributed by atoms with van der Waals surface area (Å²) in [5.74, 6) is 1.64. The van der Waals surface area contributed by atoms with Gasteiger partial charge >= 0.3 is 0 Å². The van der Waals surface area contributed by atoms with Crippen LogP contribution in [0.25, 0.3) is 21.7 Å². The van der Waals surface area contributed by atoms with Crippen molar-refractivity contribution in [1.29, 1.82) is 0 Å². The Kier molecular flexibility index (Phi) is 4.80. The Bertz CT molecular complexity index is 1460. The van der Waals surface area contributed by atoms with Gasteiger partial charge in [-0.25, -0.2) is 14.4 Å². The first-order chi connectivity index (χ1) is 15.4. The van der Waals surface area contributed by atoms with Gasteiger partial charge in [0, 0.05) is 23.8 Å². The van der Waals surface area contributed by atoms with Crippen LogP contribution in [0.5, 0.6) is 0 Å². The number of terminal acetylenes is 1. The Morgan fingerprint density at radius 2 is 2.09 bits per heavy atom. The minimum atomic E-state index is -0.728. The molecule has 2 N–H and O–H groups in total. The first-order valence-corrected chi connectivity index (χ1v) is 11.3. The number of carbonyl (C=O) groups is 2. The van der Waals surface area contributed by atoms with Gasteiger partial charge in [0.15, 0.2) is 10.8 Å². The molecule has 7 nitrogen and oxygen atoms in total. The van der Waals surface area contributed by atoms with E-state index in [1.165, 1.54) is 28.7 Å². The molecule has 0 bridgehead atoms. The second-order valence-corrected chi connectivity index (χ2v) is 9.39. The number of aryl methyl sites for hydroxylation is 1. The average Bonchev–Trinajstić information content (AvgIpc) is 3.49. The number of primary amides is 1. The summed E-state index contributed by atoms with van der Waals surface area (Å²) in [7, 11) is 1.77. The third-order valence-corrected chi connectivity index (χ3v) is 7.38. The van der Waals surface area contributed by atoms with Crippen molar-refractivity contribution in [2.45, 2.75) is 13.0 Å². The lowest BCUT2D eigenvalue weighted by molar-refractivity contribution is 0.0731. The van der Waals surface area contributed by atoms with Gasteiger partial charge in [0.1, 0.15) is 17.0 Å². The molecule has 0 saturated heterocycles. The number of halogens is 1. The van der Waals surface area contributed by atoms with Gasteiger partial charge in [-0.05, 0) is 36.1 Å². The average molecular weight is 466 g/mol. The van der Waals surface area contributed by atoms with Crippen LogP contribution in [0, 0.1) is 18.2 Å². The number of thiophene rings is 1. The quantitative estimate of drug-likeness (QED) is 0.470. The smallest absolute Gasteiger partial charge is 0.273 e. The summed E-state index contributed by atoms with van der Waals surface area (Å²) in [6.07, 6.45) is 6.06. The molecule has 1 aliphatic rings. The van der Waals surface area contributed by atoms with Crippen LogP contribution in [-0.2, 0) is 20.0 Å². The molecule has 0 spiro atoms. The fourth-order valence-corrected chi connectivity index (χ4v) is 5.71. The summed E-state index contributed by atoms with van der Waals surface area (Å²) in [4.78, 5) is 37.1. The maximum Gasteiger partial charge on any atom is 0.273 e. The highest BCUT2D eigenvalue weighted by atomic mass is 32.1. The Hall–Kier alpha value is -3.55. The van der Waals surface area contributed by atoms with Crippen molar-refractivity contribution in [1.82, 2.24) is 19.4 Å². The van der Waals surface area contributed by atoms with Crippen LogP contribution in [-0.4, -0.2) is 37.8 Å². The molecule has 0 radical (unpaired) electrons. The lowest BCUT2D eigenvalue weighted by atomic mass is 10.1. The van der Waals surface area contributed by atoms with Gasteiger partial charge in [0.25, 0.3) is 11.8 Å². The summed E-state index contributed by atoms with van der Waals surface area (Å²) in [6.45, 7) is 1.04. The molecule has 32 heavy (non-hydrogen) atoms. The van der Waals surface area contributed by atoms with Gasteiger partial charge < -0.3 is 15.2 Å². The van der Waals surface area contributed by atoms with Crippen molar-refractivity contribution in [3.63, 3.8) is 0 Å². The van der Waals surface area contributed by atoms with E-state index in [9.17, 15) is 14.0 Å². The van der Waals surface area contributed by atoms with Crippen molar-refractivity contribution >= 4 is 45.5 Å². The zero-order chi connectivity index (χ0) is 22.6. The molecule has 0 aliphatic carbocycles. The van der Waals surface area contributed by atoms with E-state index in [-0.39, 0.29) is 11.5 Å². The molecule has 10 heteroatoms. The zero-order valence-electron chi connectivity index (χ0n) is 16.9. The fourth-order valence-electron chi connectivity index (χ4n) is 3.86. The number of nitrogens with two attached hydrogens (primary N) is 1. The standard InChI is InChI=1S/C22H16FN5O2S2/c1-3-18-25-14(10-31-18)22(30)28-5-4-11-6-16(32-17(11)9-28)21-26-19-13(20(24)29)7-12(23)8-15(19)27(21)2/h1,6-8,10H,4-5,9H2,2H3,(H2,24,29). The highest BCUT2D eigenvalue weighted by Crippen LogP contribution is 2.36. The van der Waals surface area contributed by atoms with Gasteiger partial charge in [-0.15, -0.1) is 29.1 Å². The topological polar surface area (TPSA) is 94.1 Å². The Labute approximate surface area is 190 Å². The third kappa shape index (κ3) is 3.26. The van der Waals surface area contributed by atoms with Crippen LogP contribution in [0.1, 0.15) is 36.3 Å². The largest absolute Gasteiger partial charge is 0.366 e. The van der Waals surface area contributed by atoms with E-state index in [0.29, 0.717) is 47.1 Å². The summed E-state index contributed by atoms with van der Waals surface area (Å²) >= 11 is 2.80. The number of imidazole rings is 1. The molecular weight excluding hydrogens is 449 g/mol. The van der Waals surface area contributed by atoms with Gasteiger partial charge in [0.2, 0.25) is 0 Å². The Morgan fingerprint density at radius 3 is 2.81 bits per heavy atom. The molecule has 0 unspecified atom stereocenters. The highest BCUT2D eigenvalue weighted by molar-refractivity contribution is 7.15. The van der Waals surface area contributed by atoms with Crippen molar-refractivity contribution in [3.8, 4) is 23.0 Å². The number of hydrogen-bond acceptors (Lipinski definition) is 6. The minimum absolute atomic E-state index is 0.0505. The number of hydrogen-bond donors (Lipinski definition) is 1. The molecule has 3 aromatic heterocycles. The molecule has 5 rings (SSSR count). The molecule has 0 saturated carbocycles. The highest BCUT2D eigenvalue weighted by Gasteiger charge is 2.27. The number of rotatable bonds is 3. The number of benzene rings is 1. The van der Waals surface area contributed by atoms with Gasteiger partial charge in [0.05, 0.1) is 22.5 Å². The second-order valence-electron chi connectivity index (χ2n) is 7.40. The first-order valence-electron chi connectivity index (χ1n) is 9.65. The molecule has 4 aromatic rings. The number of thiazole rings is 1. The van der Waals surface area contributed by atoms with E-state index in [1.807, 2.05) is 6.07 Å². The van der Waals surface area contributed by atoms with Gasteiger partial charge in [-0.3, -0.25) is 9.59 Å². The predicted octanol–water partition coefficient (Wildman–Crippen LogP) is 3.18. The Morgan fingerprint density at radius 1 is 1.28 bits per heavy atom. The van der Waals surface area contributed by atoms with Crippen LogP contribution in [0.3, 0.4) is 0 Å². The molecular formula is C22H16FN5O2S2. The van der Waals surface area contributed by atoms with E-state index < -0.39 is 11.7 Å². The second kappa shape index (κ2) is 7.55. The summed E-state index contributed by atoms with van der Waals surface area (Å²) in [5.41, 5.74) is 7.84. The van der Waals surface area contributed by atoms with Crippen molar-refractivity contribution in [3.05, 3.63) is 56.1 Å². The lowest BCUT2D eigenvalue weighted by Gasteiger charge is -2.26. The van der Waals surface area contributed by atoms with Crippen LogP contribution < -0.4 is 5.73 Å². The molecule has 160 valence electrons. The summed E-state index contributed by atoms with van der Waals surface area (Å²) in [5, 5.41) is 2.17. The number of aromatic nitrogens is 3. The van der Waals surface area contributed by atoms with Gasteiger partial charge in [-0.2, -0.15) is 0 Å². The fraction of sp³-hybridized carbons (Fsp3) is 0.182. The van der Waals surface area contributed by atoms with E-state index in [0.717, 1.165) is 21.4 Å². The number of amides is 2. The number of fused-ring (bicyclic) bond motifs is 2. The van der Waals surface area contributed by atoms with E-state index >= 15 is 0 Å². The summed E-state index contributed by atoms with van der Waals surface area (Å²) < 4.78 is 15.8. The lowest BCUT2D eigenvalue weighted by Crippen LogP contribution is -2.35. The van der Waals surface area contributed by atoms with E-state index in [4.69, 9.17) is 12.2 Å². The van der Waals surface area contributed by atoms with Crippen molar-refractivity contribution in [2.75, 3.05) is 6.54 Å². The van der Waals surface area contributed by atoms with Crippen LogP contribution in [0.15, 0.2) is 23.6 Å². The van der Waals surface area contributed by atoms with E-state index in [2.05, 4.69) is 15.9 Å². The molecule has 2 amide bonds. The third-order valence-electron chi connectivity index (χ3n) is 5.45. The normalized spacial score (nSPS) is 13.2. The van der Waals surface area contributed by atoms with Crippen molar-refractivity contribution < 1.29 is 14.0 Å². The predicted molar refractivity (Wildman–Crippen MR) is 121 cm³/mol.